The van der Waals surface area contributed by atoms with Crippen LogP contribution < -0.4 is 0 Å². The Kier molecular flexibility index (Phi) is 2.19. The first-order chi connectivity index (χ1) is 5.52. The molecule has 0 spiro atoms. The van der Waals surface area contributed by atoms with E-state index in [-0.39, 0.29) is 0 Å². The minimum Gasteiger partial charge on any atom is -0.479 e. The average molecular weight is 169 g/mol. The lowest BCUT2D eigenvalue weighted by Gasteiger charge is -1.99. The van der Waals surface area contributed by atoms with E-state index in [0.717, 1.165) is 5.69 Å². The van der Waals surface area contributed by atoms with E-state index in [4.69, 9.17) is 10.2 Å². The lowest BCUT2D eigenvalue weighted by molar-refractivity contribution is -0.146. The lowest BCUT2D eigenvalue weighted by Crippen LogP contribution is -2.09. The van der Waals surface area contributed by atoms with Gasteiger partial charge in [-0.1, -0.05) is 0 Å². The van der Waals surface area contributed by atoms with Gasteiger partial charge in [-0.3, -0.25) is 0 Å². The van der Waals surface area contributed by atoms with E-state index < -0.39 is 12.1 Å². The van der Waals surface area contributed by atoms with E-state index in [1.165, 1.54) is 0 Å². The Morgan fingerprint density at radius 2 is 2.25 bits per heavy atom. The van der Waals surface area contributed by atoms with Crippen molar-refractivity contribution >= 4 is 5.97 Å². The van der Waals surface area contributed by atoms with Crippen molar-refractivity contribution in [2.75, 3.05) is 0 Å². The van der Waals surface area contributed by atoms with Gasteiger partial charge in [0.25, 0.3) is 0 Å². The molecule has 1 unspecified atom stereocenters. The zero-order valence-electron chi connectivity index (χ0n) is 6.98. The molecule has 0 fully saturated rings. The fourth-order valence-corrected chi connectivity index (χ4v) is 0.998. The second kappa shape index (κ2) is 2.98. The number of rotatable bonds is 2. The number of carboxylic acid groups (broad SMARTS) is 1. The van der Waals surface area contributed by atoms with E-state index in [2.05, 4.69) is 0 Å². The van der Waals surface area contributed by atoms with Gasteiger partial charge in [-0.15, -0.1) is 0 Å². The van der Waals surface area contributed by atoms with Crippen LogP contribution in [0.3, 0.4) is 0 Å². The van der Waals surface area contributed by atoms with Gasteiger partial charge in [0.1, 0.15) is 0 Å². The summed E-state index contributed by atoms with van der Waals surface area (Å²) in [5.74, 6) is -1.22. The van der Waals surface area contributed by atoms with Gasteiger partial charge in [0.2, 0.25) is 0 Å². The fourth-order valence-electron chi connectivity index (χ4n) is 0.998. The summed E-state index contributed by atoms with van der Waals surface area (Å²) in [5.41, 5.74) is 1.34. The van der Waals surface area contributed by atoms with Crippen molar-refractivity contribution < 1.29 is 15.0 Å². The molecule has 4 heteroatoms. The average Bonchev–Trinajstić information content (AvgIpc) is 2.30. The van der Waals surface area contributed by atoms with Crippen LogP contribution in [0.4, 0.5) is 0 Å². The maximum Gasteiger partial charge on any atom is 0.337 e. The van der Waals surface area contributed by atoms with Crippen LogP contribution in [0.15, 0.2) is 12.3 Å². The minimum absolute atomic E-state index is 0.419. The van der Waals surface area contributed by atoms with Crippen molar-refractivity contribution in [1.29, 1.82) is 0 Å². The summed E-state index contributed by atoms with van der Waals surface area (Å²) in [5, 5.41) is 17.6. The van der Waals surface area contributed by atoms with E-state index >= 15 is 0 Å². The molecule has 1 aromatic heterocycles. The Morgan fingerprint density at radius 1 is 1.67 bits per heavy atom. The maximum absolute atomic E-state index is 10.4. The molecule has 2 N–H and O–H groups in total. The molecule has 12 heavy (non-hydrogen) atoms. The summed E-state index contributed by atoms with van der Waals surface area (Å²) in [6.07, 6.45) is 0.193. The Labute approximate surface area is 70.1 Å². The van der Waals surface area contributed by atoms with E-state index in [0.29, 0.717) is 5.56 Å². The first-order valence-corrected chi connectivity index (χ1v) is 3.56. The van der Waals surface area contributed by atoms with Crippen LogP contribution in [0.1, 0.15) is 17.4 Å². The molecule has 0 aliphatic carbocycles. The predicted octanol–water partition coefficient (Wildman–Crippen LogP) is 0.452. The molecule has 1 rings (SSSR count). The number of carboxylic acids is 1. The highest BCUT2D eigenvalue weighted by Gasteiger charge is 2.17. The molecule has 0 saturated carbocycles. The molecule has 0 bridgehead atoms. The third kappa shape index (κ3) is 1.48. The van der Waals surface area contributed by atoms with Crippen LogP contribution in [0, 0.1) is 6.92 Å². The maximum atomic E-state index is 10.4. The zero-order chi connectivity index (χ0) is 9.30. The Hall–Kier alpha value is -1.29. The number of aliphatic hydroxyl groups is 1. The summed E-state index contributed by atoms with van der Waals surface area (Å²) in [4.78, 5) is 10.4. The highest BCUT2D eigenvalue weighted by Crippen LogP contribution is 2.15. The zero-order valence-corrected chi connectivity index (χ0v) is 6.98. The number of carbonyl (C=O) groups is 1. The molecular weight excluding hydrogens is 158 g/mol. The molecule has 0 radical (unpaired) electrons. The smallest absolute Gasteiger partial charge is 0.337 e. The normalized spacial score (nSPS) is 12.9. The van der Waals surface area contributed by atoms with Crippen molar-refractivity contribution in [2.45, 2.75) is 13.0 Å². The van der Waals surface area contributed by atoms with Crippen LogP contribution in [-0.4, -0.2) is 20.7 Å². The number of hydrogen-bond donors (Lipinski definition) is 2. The molecular formula is C8H11NO3. The van der Waals surface area contributed by atoms with Crippen LogP contribution in [0.2, 0.25) is 0 Å². The minimum atomic E-state index is -1.41. The van der Waals surface area contributed by atoms with E-state index in [1.54, 1.807) is 23.9 Å². The monoisotopic (exact) mass is 169 g/mol. The highest BCUT2D eigenvalue weighted by atomic mass is 16.4. The standard InChI is InChI=1S/C8H11NO3/c1-5-3-6(4-9(5)2)7(10)8(11)12/h3-4,7,10H,1-2H3,(H,11,12). The number of aromatic nitrogens is 1. The fraction of sp³-hybridized carbons (Fsp3) is 0.375. The lowest BCUT2D eigenvalue weighted by atomic mass is 10.2. The molecule has 1 atom stereocenters. The van der Waals surface area contributed by atoms with Crippen LogP contribution in [0.25, 0.3) is 0 Å². The molecule has 0 amide bonds. The highest BCUT2D eigenvalue weighted by molar-refractivity contribution is 5.73. The molecule has 0 aliphatic heterocycles. The third-order valence-corrected chi connectivity index (χ3v) is 1.82. The van der Waals surface area contributed by atoms with Gasteiger partial charge >= 0.3 is 5.97 Å². The first kappa shape index (κ1) is 8.80. The molecule has 66 valence electrons. The predicted molar refractivity (Wildman–Crippen MR) is 42.7 cm³/mol. The summed E-state index contributed by atoms with van der Waals surface area (Å²) in [6.45, 7) is 1.85. The van der Waals surface area contributed by atoms with E-state index in [1.807, 2.05) is 6.92 Å². The number of hydrogen-bond acceptors (Lipinski definition) is 2. The molecule has 1 aromatic rings. The molecule has 1 heterocycles. The van der Waals surface area contributed by atoms with Crippen molar-refractivity contribution in [3.05, 3.63) is 23.5 Å². The topological polar surface area (TPSA) is 62.5 Å². The third-order valence-electron chi connectivity index (χ3n) is 1.82. The van der Waals surface area contributed by atoms with Crippen LogP contribution in [-0.2, 0) is 11.8 Å². The Bertz CT molecular complexity index is 284. The summed E-state index contributed by atoms with van der Waals surface area (Å²) < 4.78 is 1.77. The van der Waals surface area contributed by atoms with Crippen molar-refractivity contribution in [1.82, 2.24) is 4.57 Å². The van der Waals surface area contributed by atoms with Crippen molar-refractivity contribution in [3.8, 4) is 0 Å². The van der Waals surface area contributed by atoms with Gasteiger partial charge in [-0.25, -0.2) is 4.79 Å². The summed E-state index contributed by atoms with van der Waals surface area (Å²) >= 11 is 0. The van der Waals surface area contributed by atoms with Gasteiger partial charge < -0.3 is 14.8 Å². The van der Waals surface area contributed by atoms with Gasteiger partial charge in [0.05, 0.1) is 0 Å². The molecule has 0 aromatic carbocycles. The number of aliphatic hydroxyl groups excluding tert-OH is 1. The van der Waals surface area contributed by atoms with Crippen molar-refractivity contribution in [3.63, 3.8) is 0 Å². The van der Waals surface area contributed by atoms with Crippen molar-refractivity contribution in [2.24, 2.45) is 7.05 Å². The summed E-state index contributed by atoms with van der Waals surface area (Å²) in [6, 6.07) is 1.65. The van der Waals surface area contributed by atoms with Gasteiger partial charge in [-0.05, 0) is 13.0 Å². The van der Waals surface area contributed by atoms with Crippen LogP contribution in [0.5, 0.6) is 0 Å². The summed E-state index contributed by atoms with van der Waals surface area (Å²) in [7, 11) is 1.80. The van der Waals surface area contributed by atoms with Crippen LogP contribution >= 0.6 is 0 Å². The molecule has 0 aliphatic rings. The second-order valence-electron chi connectivity index (χ2n) is 2.77. The number of nitrogens with zero attached hydrogens (tertiary/aromatic N) is 1. The SMILES string of the molecule is Cc1cc(C(O)C(=O)O)cn1C. The van der Waals surface area contributed by atoms with E-state index in [9.17, 15) is 4.79 Å². The van der Waals surface area contributed by atoms with Gasteiger partial charge in [-0.2, -0.15) is 0 Å². The number of aryl methyl sites for hydroxylation is 2. The molecule has 0 saturated heterocycles. The second-order valence-corrected chi connectivity index (χ2v) is 2.77. The Morgan fingerprint density at radius 3 is 2.58 bits per heavy atom. The quantitative estimate of drug-likeness (QED) is 0.675. The first-order valence-electron chi connectivity index (χ1n) is 3.56. The van der Waals surface area contributed by atoms with Gasteiger partial charge in [0.15, 0.2) is 6.10 Å². The van der Waals surface area contributed by atoms with Gasteiger partial charge in [0, 0.05) is 24.5 Å². The molecule has 4 nitrogen and oxygen atoms in total. The largest absolute Gasteiger partial charge is 0.479 e. The number of aliphatic carboxylic acids is 1. The Balaban J connectivity index is 2.96.